The highest BCUT2D eigenvalue weighted by Crippen LogP contribution is 2.35. The molecule has 28 heavy (non-hydrogen) atoms. The molecule has 0 amide bonds. The highest BCUT2D eigenvalue weighted by molar-refractivity contribution is 5.89. The molecule has 1 N–H and O–H groups in total. The van der Waals surface area contributed by atoms with Crippen molar-refractivity contribution < 1.29 is 28.5 Å². The summed E-state index contributed by atoms with van der Waals surface area (Å²) >= 11 is 0. The van der Waals surface area contributed by atoms with E-state index in [0.29, 0.717) is 30.8 Å². The van der Waals surface area contributed by atoms with Crippen molar-refractivity contribution in [2.75, 3.05) is 19.8 Å². The van der Waals surface area contributed by atoms with Crippen LogP contribution in [0.25, 0.3) is 11.0 Å². The highest BCUT2D eigenvalue weighted by Gasteiger charge is 2.18. The van der Waals surface area contributed by atoms with E-state index in [1.807, 2.05) is 0 Å². The van der Waals surface area contributed by atoms with Gasteiger partial charge in [-0.1, -0.05) is 32.3 Å². The van der Waals surface area contributed by atoms with E-state index in [1.165, 1.54) is 0 Å². The summed E-state index contributed by atoms with van der Waals surface area (Å²) in [7, 11) is 0. The quantitative estimate of drug-likeness (QED) is 0.329. The number of hydrogen-bond donors (Lipinski definition) is 1. The van der Waals surface area contributed by atoms with Crippen molar-refractivity contribution in [1.29, 1.82) is 0 Å². The molecule has 0 aliphatic rings. The van der Waals surface area contributed by atoms with Crippen LogP contribution >= 0.6 is 0 Å². The molecule has 0 fully saturated rings. The second-order valence-corrected chi connectivity index (χ2v) is 6.37. The number of fused-ring (bicyclic) bond motifs is 1. The molecule has 0 unspecified atom stereocenters. The van der Waals surface area contributed by atoms with Crippen molar-refractivity contribution in [2.45, 2.75) is 52.4 Å². The van der Waals surface area contributed by atoms with E-state index in [-0.39, 0.29) is 36.1 Å². The molecule has 2 rings (SSSR count). The number of esters is 1. The van der Waals surface area contributed by atoms with Gasteiger partial charge in [-0.2, -0.15) is 0 Å². The van der Waals surface area contributed by atoms with E-state index in [0.717, 1.165) is 25.7 Å². The van der Waals surface area contributed by atoms with Crippen LogP contribution in [0.4, 0.5) is 0 Å². The number of rotatable bonds is 12. The van der Waals surface area contributed by atoms with Gasteiger partial charge in [0.15, 0.2) is 17.1 Å². The molecule has 7 nitrogen and oxygen atoms in total. The van der Waals surface area contributed by atoms with Gasteiger partial charge in [-0.25, -0.2) is 4.79 Å². The van der Waals surface area contributed by atoms with E-state index in [4.69, 9.17) is 18.6 Å². The maximum atomic E-state index is 12.2. The Bertz CT molecular complexity index is 825. The summed E-state index contributed by atoms with van der Waals surface area (Å²) in [5, 5.41) is 10.8. The van der Waals surface area contributed by atoms with Crippen molar-refractivity contribution in [3.63, 3.8) is 0 Å². The molecule has 1 aromatic heterocycles. The zero-order valence-corrected chi connectivity index (χ0v) is 16.5. The van der Waals surface area contributed by atoms with Crippen LogP contribution in [-0.4, -0.2) is 30.9 Å². The number of para-hydroxylation sites is 1. The lowest BCUT2D eigenvalue weighted by atomic mass is 10.2. The van der Waals surface area contributed by atoms with Crippen LogP contribution in [0.1, 0.15) is 52.4 Å². The Hall–Kier alpha value is -2.70. The minimum Gasteiger partial charge on any atom is -0.504 e. The van der Waals surface area contributed by atoms with Gasteiger partial charge in [0.05, 0.1) is 25.2 Å². The lowest BCUT2D eigenvalue weighted by molar-refractivity contribution is -0.143. The Labute approximate surface area is 164 Å². The summed E-state index contributed by atoms with van der Waals surface area (Å²) in [6.45, 7) is 4.80. The average Bonchev–Trinajstić information content (AvgIpc) is 2.68. The molecule has 154 valence electrons. The second-order valence-electron chi connectivity index (χ2n) is 6.37. The Morgan fingerprint density at radius 1 is 1.07 bits per heavy atom. The summed E-state index contributed by atoms with van der Waals surface area (Å²) in [4.78, 5) is 23.6. The van der Waals surface area contributed by atoms with Gasteiger partial charge in [0.2, 0.25) is 5.75 Å². The molecule has 0 saturated heterocycles. The van der Waals surface area contributed by atoms with E-state index < -0.39 is 5.63 Å². The second kappa shape index (κ2) is 11.2. The minimum absolute atomic E-state index is 0.152. The van der Waals surface area contributed by atoms with Crippen LogP contribution in [0.3, 0.4) is 0 Å². The van der Waals surface area contributed by atoms with Crippen molar-refractivity contribution in [2.24, 2.45) is 0 Å². The van der Waals surface area contributed by atoms with Crippen molar-refractivity contribution >= 4 is 16.9 Å². The molecule has 0 aliphatic carbocycles. The largest absolute Gasteiger partial charge is 0.504 e. The zero-order valence-electron chi connectivity index (χ0n) is 16.5. The Balaban J connectivity index is 2.07. The summed E-state index contributed by atoms with van der Waals surface area (Å²) in [6, 6.07) is 4.96. The third-order valence-electron chi connectivity index (χ3n) is 4.16. The molecular weight excluding hydrogens is 364 g/mol. The third kappa shape index (κ3) is 5.90. The number of carbonyl (C=O) groups is 1. The van der Waals surface area contributed by atoms with Gasteiger partial charge in [-0.3, -0.25) is 4.79 Å². The molecule has 0 saturated carbocycles. The standard InChI is InChI=1S/C21H28O7/c1-3-5-6-7-13-27-20-18(23)15-10-8-11-16(19(15)28-21(20)24)26-14-9-12-17(22)25-4-2/h8,10-11,23H,3-7,9,12-14H2,1-2H3. The molecular formula is C21H28O7. The van der Waals surface area contributed by atoms with E-state index in [9.17, 15) is 14.7 Å². The van der Waals surface area contributed by atoms with Gasteiger partial charge in [0.1, 0.15) is 0 Å². The van der Waals surface area contributed by atoms with Crippen LogP contribution in [0.15, 0.2) is 27.4 Å². The average molecular weight is 392 g/mol. The number of ether oxygens (including phenoxy) is 3. The molecule has 0 atom stereocenters. The summed E-state index contributed by atoms with van der Waals surface area (Å²) in [6.07, 6.45) is 4.70. The zero-order chi connectivity index (χ0) is 20.4. The SMILES string of the molecule is CCCCCCOc1c(O)c2cccc(OCCCC(=O)OCC)c2oc1=O. The predicted octanol–water partition coefficient (Wildman–Crippen LogP) is 4.18. The number of unbranched alkanes of at least 4 members (excludes halogenated alkanes) is 3. The summed E-state index contributed by atoms with van der Waals surface area (Å²) in [5.41, 5.74) is -0.595. The molecule has 7 heteroatoms. The fourth-order valence-electron chi connectivity index (χ4n) is 2.74. The predicted molar refractivity (Wildman–Crippen MR) is 105 cm³/mol. The molecule has 0 bridgehead atoms. The van der Waals surface area contributed by atoms with Gasteiger partial charge in [-0.05, 0) is 31.9 Å². The van der Waals surface area contributed by atoms with Gasteiger partial charge in [-0.15, -0.1) is 0 Å². The first-order valence-corrected chi connectivity index (χ1v) is 9.78. The van der Waals surface area contributed by atoms with Crippen LogP contribution in [0.5, 0.6) is 17.2 Å². The number of aromatic hydroxyl groups is 1. The van der Waals surface area contributed by atoms with Gasteiger partial charge < -0.3 is 23.7 Å². The van der Waals surface area contributed by atoms with Crippen molar-refractivity contribution in [3.05, 3.63) is 28.6 Å². The minimum atomic E-state index is -0.747. The maximum absolute atomic E-state index is 12.2. The third-order valence-corrected chi connectivity index (χ3v) is 4.16. The first kappa shape index (κ1) is 21.6. The normalized spacial score (nSPS) is 10.8. The molecule has 1 aromatic carbocycles. The topological polar surface area (TPSA) is 95.2 Å². The van der Waals surface area contributed by atoms with Crippen LogP contribution in [-0.2, 0) is 9.53 Å². The molecule has 0 aliphatic heterocycles. The smallest absolute Gasteiger partial charge is 0.383 e. The Morgan fingerprint density at radius 3 is 2.61 bits per heavy atom. The molecule has 1 heterocycles. The van der Waals surface area contributed by atoms with Gasteiger partial charge in [0.25, 0.3) is 0 Å². The van der Waals surface area contributed by atoms with E-state index in [1.54, 1.807) is 25.1 Å². The Kier molecular flexibility index (Phi) is 8.65. The Morgan fingerprint density at radius 2 is 1.86 bits per heavy atom. The summed E-state index contributed by atoms with van der Waals surface area (Å²) in [5.74, 6) is -0.389. The van der Waals surface area contributed by atoms with Crippen molar-refractivity contribution in [1.82, 2.24) is 0 Å². The van der Waals surface area contributed by atoms with Crippen LogP contribution in [0, 0.1) is 0 Å². The molecule has 0 spiro atoms. The molecule has 0 radical (unpaired) electrons. The first-order valence-electron chi connectivity index (χ1n) is 9.78. The van der Waals surface area contributed by atoms with Crippen LogP contribution in [0.2, 0.25) is 0 Å². The lowest BCUT2D eigenvalue weighted by Crippen LogP contribution is -2.09. The summed E-state index contributed by atoms with van der Waals surface area (Å²) < 4.78 is 21.3. The van der Waals surface area contributed by atoms with Crippen LogP contribution < -0.4 is 15.1 Å². The van der Waals surface area contributed by atoms with Gasteiger partial charge >= 0.3 is 11.6 Å². The maximum Gasteiger partial charge on any atom is 0.383 e. The fourth-order valence-corrected chi connectivity index (χ4v) is 2.74. The first-order chi connectivity index (χ1) is 13.6. The van der Waals surface area contributed by atoms with E-state index in [2.05, 4.69) is 6.92 Å². The number of carbonyl (C=O) groups excluding carboxylic acids is 1. The molecule has 2 aromatic rings. The monoisotopic (exact) mass is 392 g/mol. The van der Waals surface area contributed by atoms with Crippen molar-refractivity contribution in [3.8, 4) is 17.2 Å². The van der Waals surface area contributed by atoms with Gasteiger partial charge in [0, 0.05) is 6.42 Å². The van der Waals surface area contributed by atoms with E-state index >= 15 is 0 Å². The number of benzene rings is 1. The lowest BCUT2D eigenvalue weighted by Gasteiger charge is -2.11. The number of hydrogen-bond acceptors (Lipinski definition) is 7. The fraction of sp³-hybridized carbons (Fsp3) is 0.524. The highest BCUT2D eigenvalue weighted by atomic mass is 16.5.